The van der Waals surface area contributed by atoms with Crippen molar-refractivity contribution in [2.24, 2.45) is 5.92 Å². The van der Waals surface area contributed by atoms with Crippen molar-refractivity contribution >= 4 is 17.6 Å². The van der Waals surface area contributed by atoms with Crippen LogP contribution in [0.1, 0.15) is 25.8 Å². The third-order valence-electron chi connectivity index (χ3n) is 3.28. The van der Waals surface area contributed by atoms with Gasteiger partial charge in [0, 0.05) is 12.1 Å². The number of carboxylic acids is 1. The molecule has 114 valence electrons. The molecule has 0 spiro atoms. The first-order valence-corrected chi connectivity index (χ1v) is 6.60. The number of amides is 1. The minimum absolute atomic E-state index is 0.0953. The fourth-order valence-electron chi connectivity index (χ4n) is 1.87. The Morgan fingerprint density at radius 3 is 2.62 bits per heavy atom. The van der Waals surface area contributed by atoms with Crippen LogP contribution in [0.4, 0.5) is 5.69 Å². The first-order chi connectivity index (χ1) is 9.85. The molecule has 2 unspecified atom stereocenters. The van der Waals surface area contributed by atoms with Gasteiger partial charge in [0.1, 0.15) is 6.04 Å². The summed E-state index contributed by atoms with van der Waals surface area (Å²) in [5.41, 5.74) is 0.368. The Hall–Kier alpha value is -2.44. The van der Waals surface area contributed by atoms with Gasteiger partial charge in [-0.2, -0.15) is 0 Å². The quantitative estimate of drug-likeness (QED) is 0.588. The summed E-state index contributed by atoms with van der Waals surface area (Å²) in [6.07, 6.45) is 0.524. The summed E-state index contributed by atoms with van der Waals surface area (Å²) in [7, 11) is 0. The molecule has 1 rings (SSSR count). The van der Waals surface area contributed by atoms with Gasteiger partial charge in [-0.15, -0.1) is 0 Å². The summed E-state index contributed by atoms with van der Waals surface area (Å²) in [5.74, 6) is -1.75. The average Bonchev–Trinajstić information content (AvgIpc) is 2.43. The lowest BCUT2D eigenvalue weighted by molar-refractivity contribution is -0.384. The molecule has 1 aromatic carbocycles. The number of nitrogens with one attached hydrogen (secondary N) is 1. The molecular weight excluding hydrogens is 276 g/mol. The van der Waals surface area contributed by atoms with Crippen LogP contribution in [0.15, 0.2) is 24.3 Å². The van der Waals surface area contributed by atoms with E-state index in [0.29, 0.717) is 12.0 Å². The Kier molecular flexibility index (Phi) is 5.83. The van der Waals surface area contributed by atoms with Crippen LogP contribution >= 0.6 is 0 Å². The molecule has 0 radical (unpaired) electrons. The molecule has 0 saturated heterocycles. The maximum absolute atomic E-state index is 11.9. The van der Waals surface area contributed by atoms with Crippen molar-refractivity contribution in [3.8, 4) is 0 Å². The molecule has 2 atom stereocenters. The Bertz CT molecular complexity index is 544. The standard InChI is InChI=1S/C14H18N2O5/c1-3-9(2)13(14(18)19)15-12(17)8-10-5-4-6-11(7-10)16(20)21/h4-7,9,13H,3,8H2,1-2H3,(H,15,17)(H,18,19). The zero-order valence-electron chi connectivity index (χ0n) is 11.9. The summed E-state index contributed by atoms with van der Waals surface area (Å²) in [6, 6.07) is 4.76. The zero-order chi connectivity index (χ0) is 16.0. The zero-order valence-corrected chi connectivity index (χ0v) is 11.9. The molecule has 21 heavy (non-hydrogen) atoms. The fourth-order valence-corrected chi connectivity index (χ4v) is 1.87. The molecule has 0 aromatic heterocycles. The van der Waals surface area contributed by atoms with E-state index >= 15 is 0 Å². The number of hydrogen-bond acceptors (Lipinski definition) is 4. The number of non-ortho nitro benzene ring substituents is 1. The van der Waals surface area contributed by atoms with Crippen LogP contribution in [0.25, 0.3) is 0 Å². The summed E-state index contributed by atoms with van der Waals surface area (Å²) >= 11 is 0. The number of carbonyl (C=O) groups is 2. The Morgan fingerprint density at radius 1 is 1.43 bits per heavy atom. The summed E-state index contributed by atoms with van der Waals surface area (Å²) < 4.78 is 0. The third kappa shape index (κ3) is 4.87. The largest absolute Gasteiger partial charge is 0.480 e. The van der Waals surface area contributed by atoms with E-state index in [9.17, 15) is 19.7 Å². The van der Waals surface area contributed by atoms with E-state index in [0.717, 1.165) is 0 Å². The fraction of sp³-hybridized carbons (Fsp3) is 0.429. The number of carboxylic acid groups (broad SMARTS) is 1. The van der Waals surface area contributed by atoms with Crippen LogP contribution < -0.4 is 5.32 Å². The van der Waals surface area contributed by atoms with Crippen LogP contribution in [-0.4, -0.2) is 27.9 Å². The van der Waals surface area contributed by atoms with Crippen molar-refractivity contribution in [2.45, 2.75) is 32.7 Å². The molecule has 0 heterocycles. The van der Waals surface area contributed by atoms with E-state index in [2.05, 4.69) is 5.32 Å². The molecule has 0 bridgehead atoms. The summed E-state index contributed by atoms with van der Waals surface area (Å²) in [5, 5.41) is 22.2. The van der Waals surface area contributed by atoms with Crippen LogP contribution in [0, 0.1) is 16.0 Å². The van der Waals surface area contributed by atoms with Gasteiger partial charge >= 0.3 is 5.97 Å². The van der Waals surface area contributed by atoms with Crippen molar-refractivity contribution in [1.82, 2.24) is 5.32 Å². The lowest BCUT2D eigenvalue weighted by Crippen LogP contribution is -2.45. The highest BCUT2D eigenvalue weighted by atomic mass is 16.6. The predicted molar refractivity (Wildman–Crippen MR) is 75.8 cm³/mol. The second-order valence-corrected chi connectivity index (χ2v) is 4.87. The van der Waals surface area contributed by atoms with E-state index in [-0.39, 0.29) is 18.0 Å². The van der Waals surface area contributed by atoms with Gasteiger partial charge in [-0.25, -0.2) is 4.79 Å². The van der Waals surface area contributed by atoms with Gasteiger partial charge in [0.15, 0.2) is 0 Å². The van der Waals surface area contributed by atoms with Crippen LogP contribution in [0.5, 0.6) is 0 Å². The summed E-state index contributed by atoms with van der Waals surface area (Å²) in [6.45, 7) is 3.58. The second-order valence-electron chi connectivity index (χ2n) is 4.87. The van der Waals surface area contributed by atoms with Gasteiger partial charge in [0.25, 0.3) is 5.69 Å². The molecular formula is C14H18N2O5. The molecule has 0 aliphatic rings. The van der Waals surface area contributed by atoms with Gasteiger partial charge in [-0.3, -0.25) is 14.9 Å². The molecule has 1 amide bonds. The Morgan fingerprint density at radius 2 is 2.10 bits per heavy atom. The van der Waals surface area contributed by atoms with Crippen LogP contribution in [0.2, 0.25) is 0 Å². The van der Waals surface area contributed by atoms with Crippen molar-refractivity contribution in [1.29, 1.82) is 0 Å². The minimum atomic E-state index is -1.09. The molecule has 0 saturated carbocycles. The van der Waals surface area contributed by atoms with Gasteiger partial charge < -0.3 is 10.4 Å². The topological polar surface area (TPSA) is 110 Å². The van der Waals surface area contributed by atoms with Gasteiger partial charge in [-0.05, 0) is 11.5 Å². The molecule has 7 heteroatoms. The van der Waals surface area contributed by atoms with Gasteiger partial charge in [-0.1, -0.05) is 32.4 Å². The van der Waals surface area contributed by atoms with E-state index in [1.54, 1.807) is 13.0 Å². The maximum Gasteiger partial charge on any atom is 0.326 e. The van der Waals surface area contributed by atoms with Crippen molar-refractivity contribution in [3.05, 3.63) is 39.9 Å². The van der Waals surface area contributed by atoms with Crippen molar-refractivity contribution in [3.63, 3.8) is 0 Å². The number of nitro benzene ring substituents is 1. The molecule has 2 N–H and O–H groups in total. The molecule has 1 aromatic rings. The number of benzene rings is 1. The van der Waals surface area contributed by atoms with Crippen LogP contribution in [-0.2, 0) is 16.0 Å². The Balaban J connectivity index is 2.74. The predicted octanol–water partition coefficient (Wildman–Crippen LogP) is 1.75. The number of nitro groups is 1. The van der Waals surface area contributed by atoms with E-state index < -0.39 is 22.8 Å². The highest BCUT2D eigenvalue weighted by Crippen LogP contribution is 2.14. The highest BCUT2D eigenvalue weighted by molar-refractivity contribution is 5.85. The third-order valence-corrected chi connectivity index (χ3v) is 3.28. The monoisotopic (exact) mass is 294 g/mol. The van der Waals surface area contributed by atoms with E-state index in [4.69, 9.17) is 5.11 Å². The molecule has 0 fully saturated rings. The average molecular weight is 294 g/mol. The molecule has 0 aliphatic carbocycles. The maximum atomic E-state index is 11.9. The first kappa shape index (κ1) is 16.6. The normalized spacial score (nSPS) is 13.2. The molecule has 7 nitrogen and oxygen atoms in total. The lowest BCUT2D eigenvalue weighted by Gasteiger charge is -2.20. The SMILES string of the molecule is CCC(C)C(NC(=O)Cc1cccc([N+](=O)[O-])c1)C(=O)O. The number of carbonyl (C=O) groups excluding carboxylic acids is 1. The van der Waals surface area contributed by atoms with Crippen molar-refractivity contribution < 1.29 is 19.6 Å². The first-order valence-electron chi connectivity index (χ1n) is 6.60. The smallest absolute Gasteiger partial charge is 0.326 e. The van der Waals surface area contributed by atoms with Gasteiger partial charge in [0.05, 0.1) is 11.3 Å². The van der Waals surface area contributed by atoms with E-state index in [1.165, 1.54) is 18.2 Å². The Labute approximate surface area is 122 Å². The summed E-state index contributed by atoms with van der Waals surface area (Å²) in [4.78, 5) is 33.1. The second kappa shape index (κ2) is 7.37. The number of aliphatic carboxylic acids is 1. The highest BCUT2D eigenvalue weighted by Gasteiger charge is 2.25. The van der Waals surface area contributed by atoms with Crippen molar-refractivity contribution in [2.75, 3.05) is 0 Å². The molecule has 0 aliphatic heterocycles. The minimum Gasteiger partial charge on any atom is -0.480 e. The number of rotatable bonds is 7. The lowest BCUT2D eigenvalue weighted by atomic mass is 9.99. The van der Waals surface area contributed by atoms with Crippen LogP contribution in [0.3, 0.4) is 0 Å². The number of nitrogens with zero attached hydrogens (tertiary/aromatic N) is 1. The number of hydrogen-bond donors (Lipinski definition) is 2. The van der Waals surface area contributed by atoms with Gasteiger partial charge in [0.2, 0.25) is 5.91 Å². The van der Waals surface area contributed by atoms with E-state index in [1.807, 2.05) is 6.92 Å².